The molecule has 1 aromatic heterocycles. The Labute approximate surface area is 212 Å². The molecule has 2 aliphatic rings. The van der Waals surface area contributed by atoms with E-state index in [2.05, 4.69) is 19.9 Å². The van der Waals surface area contributed by atoms with E-state index in [0.29, 0.717) is 28.1 Å². The number of rotatable bonds is 10. The molecule has 1 saturated heterocycles. The molecule has 196 valence electrons. The first-order chi connectivity index (χ1) is 17.2. The van der Waals surface area contributed by atoms with Crippen LogP contribution in [-0.2, 0) is 0 Å². The molecule has 36 heavy (non-hydrogen) atoms. The molecule has 7 nitrogen and oxygen atoms in total. The number of carbonyl (C=O) groups excluding carboxylic acids is 1. The van der Waals surface area contributed by atoms with E-state index in [9.17, 15) is 18.0 Å². The molecule has 1 aliphatic heterocycles. The number of halogens is 3. The lowest BCUT2D eigenvalue weighted by molar-refractivity contribution is -0.139. The predicted octanol–water partition coefficient (Wildman–Crippen LogP) is 5.41. The number of hydrogen-bond donors (Lipinski definition) is 3. The fraction of sp³-hybridized carbons (Fsp3) is 0.520. The number of aliphatic hydroxyl groups excluding tert-OH is 1. The number of benzene rings is 1. The van der Waals surface area contributed by atoms with Crippen LogP contribution >= 0.6 is 11.9 Å². The molecule has 1 amide bonds. The van der Waals surface area contributed by atoms with Gasteiger partial charge in [-0.25, -0.2) is 4.98 Å². The maximum absolute atomic E-state index is 13.4. The van der Waals surface area contributed by atoms with Gasteiger partial charge in [0.2, 0.25) is 5.88 Å². The van der Waals surface area contributed by atoms with Gasteiger partial charge in [-0.3, -0.25) is 4.79 Å². The minimum absolute atomic E-state index is 0.0287. The number of amides is 1. The molecule has 0 unspecified atom stereocenters. The van der Waals surface area contributed by atoms with Gasteiger partial charge in [-0.1, -0.05) is 11.9 Å². The SMILES string of the molecule is Cc1cc(NC(=O)c2ccc(NSCCO)cc2N2CCC3(CC2)CC3)cc(OCCC(F)(F)F)n1. The van der Waals surface area contributed by atoms with Crippen molar-refractivity contribution in [2.45, 2.75) is 45.2 Å². The fourth-order valence-corrected chi connectivity index (χ4v) is 4.87. The van der Waals surface area contributed by atoms with Crippen molar-refractivity contribution in [3.8, 4) is 5.88 Å². The molecule has 1 aliphatic carbocycles. The summed E-state index contributed by atoms with van der Waals surface area (Å²) in [5, 5.41) is 11.9. The van der Waals surface area contributed by atoms with Gasteiger partial charge in [0.1, 0.15) is 0 Å². The van der Waals surface area contributed by atoms with Crippen molar-refractivity contribution in [2.75, 3.05) is 47.0 Å². The lowest BCUT2D eigenvalue weighted by atomic mass is 9.93. The molecule has 2 heterocycles. The van der Waals surface area contributed by atoms with Crippen molar-refractivity contribution in [3.05, 3.63) is 41.6 Å². The number of hydrogen-bond acceptors (Lipinski definition) is 7. The van der Waals surface area contributed by atoms with Gasteiger partial charge in [-0.15, -0.1) is 0 Å². The Morgan fingerprint density at radius 2 is 1.92 bits per heavy atom. The van der Waals surface area contributed by atoms with Gasteiger partial charge in [0.25, 0.3) is 5.91 Å². The number of pyridine rings is 1. The van der Waals surface area contributed by atoms with Gasteiger partial charge in [0, 0.05) is 42.0 Å². The van der Waals surface area contributed by atoms with Crippen LogP contribution in [0.15, 0.2) is 30.3 Å². The highest BCUT2D eigenvalue weighted by Gasteiger charge is 2.44. The number of aryl methyl sites for hydroxylation is 1. The van der Waals surface area contributed by atoms with Crippen molar-refractivity contribution in [1.82, 2.24) is 4.98 Å². The standard InChI is InChI=1S/C25H31F3N4O3S/c1-17-14-19(16-22(29-17)35-12-8-25(26,27)28)30-23(34)20-3-2-18(31-36-13-11-33)15-21(20)32-9-6-24(4-5-24)7-10-32/h2-3,14-16,31,33H,4-13H2,1H3,(H,29,30,34). The van der Waals surface area contributed by atoms with Crippen LogP contribution in [0.2, 0.25) is 0 Å². The van der Waals surface area contributed by atoms with Crippen LogP contribution in [0.1, 0.15) is 48.2 Å². The number of piperidine rings is 1. The summed E-state index contributed by atoms with van der Waals surface area (Å²) in [6.07, 6.45) is -0.630. The van der Waals surface area contributed by atoms with E-state index in [1.54, 1.807) is 19.1 Å². The van der Waals surface area contributed by atoms with Gasteiger partial charge in [0.15, 0.2) is 0 Å². The predicted molar refractivity (Wildman–Crippen MR) is 136 cm³/mol. The smallest absolute Gasteiger partial charge is 0.392 e. The number of anilines is 3. The largest absolute Gasteiger partial charge is 0.477 e. The highest BCUT2D eigenvalue weighted by atomic mass is 32.2. The van der Waals surface area contributed by atoms with Gasteiger partial charge in [-0.05, 0) is 62.3 Å². The number of aliphatic hydroxyl groups is 1. The Morgan fingerprint density at radius 3 is 2.58 bits per heavy atom. The van der Waals surface area contributed by atoms with E-state index >= 15 is 0 Å². The zero-order chi connectivity index (χ0) is 25.8. The molecule has 1 aromatic carbocycles. The summed E-state index contributed by atoms with van der Waals surface area (Å²) in [5.74, 6) is 0.248. The monoisotopic (exact) mass is 524 g/mol. The zero-order valence-electron chi connectivity index (χ0n) is 20.2. The van der Waals surface area contributed by atoms with Crippen LogP contribution < -0.4 is 19.7 Å². The van der Waals surface area contributed by atoms with Gasteiger partial charge >= 0.3 is 6.18 Å². The first-order valence-corrected chi connectivity index (χ1v) is 13.0. The zero-order valence-corrected chi connectivity index (χ0v) is 21.0. The fourth-order valence-electron chi connectivity index (χ4n) is 4.38. The maximum atomic E-state index is 13.4. The second-order valence-electron chi connectivity index (χ2n) is 9.40. The van der Waals surface area contributed by atoms with Crippen LogP contribution in [0.25, 0.3) is 0 Å². The van der Waals surface area contributed by atoms with Crippen molar-refractivity contribution >= 4 is 34.9 Å². The summed E-state index contributed by atoms with van der Waals surface area (Å²) < 4.78 is 45.7. The summed E-state index contributed by atoms with van der Waals surface area (Å²) in [5.41, 5.74) is 3.58. The second-order valence-corrected chi connectivity index (χ2v) is 10.3. The molecule has 2 aromatic rings. The van der Waals surface area contributed by atoms with Gasteiger partial charge in [0.05, 0.1) is 30.9 Å². The Kier molecular flexibility index (Phi) is 8.19. The summed E-state index contributed by atoms with van der Waals surface area (Å²) in [7, 11) is 0. The highest BCUT2D eigenvalue weighted by Crippen LogP contribution is 2.54. The van der Waals surface area contributed by atoms with E-state index in [1.807, 2.05) is 12.1 Å². The van der Waals surface area contributed by atoms with Crippen molar-refractivity contribution in [2.24, 2.45) is 5.41 Å². The van der Waals surface area contributed by atoms with E-state index in [1.165, 1.54) is 30.9 Å². The number of alkyl halides is 3. The lowest BCUT2D eigenvalue weighted by Gasteiger charge is -2.35. The molecular formula is C25H31F3N4O3S. The van der Waals surface area contributed by atoms with E-state index in [-0.39, 0.29) is 18.4 Å². The van der Waals surface area contributed by atoms with E-state index in [0.717, 1.165) is 37.3 Å². The summed E-state index contributed by atoms with van der Waals surface area (Å²) in [6.45, 7) is 2.95. The number of ether oxygens (including phenoxy) is 1. The Bertz CT molecular complexity index is 1070. The number of aromatic nitrogens is 1. The topological polar surface area (TPSA) is 86.7 Å². The minimum atomic E-state index is -4.32. The maximum Gasteiger partial charge on any atom is 0.392 e. The average Bonchev–Trinajstić information content (AvgIpc) is 3.57. The normalized spacial score (nSPS) is 16.6. The first kappa shape index (κ1) is 26.4. The minimum Gasteiger partial charge on any atom is -0.477 e. The van der Waals surface area contributed by atoms with Crippen LogP contribution in [0, 0.1) is 12.3 Å². The molecular weight excluding hydrogens is 493 g/mol. The summed E-state index contributed by atoms with van der Waals surface area (Å²) >= 11 is 1.39. The number of nitrogens with zero attached hydrogens (tertiary/aromatic N) is 2. The molecule has 11 heteroatoms. The third-order valence-electron chi connectivity index (χ3n) is 6.57. The average molecular weight is 525 g/mol. The second kappa shape index (κ2) is 11.2. The highest BCUT2D eigenvalue weighted by molar-refractivity contribution is 8.00. The van der Waals surface area contributed by atoms with E-state index < -0.39 is 19.2 Å². The third-order valence-corrected chi connectivity index (χ3v) is 7.34. The van der Waals surface area contributed by atoms with Crippen LogP contribution in [0.5, 0.6) is 5.88 Å². The molecule has 0 radical (unpaired) electrons. The molecule has 4 rings (SSSR count). The van der Waals surface area contributed by atoms with Crippen LogP contribution in [-0.4, -0.2) is 54.2 Å². The van der Waals surface area contributed by atoms with Crippen LogP contribution in [0.4, 0.5) is 30.2 Å². The summed E-state index contributed by atoms with van der Waals surface area (Å²) in [6, 6.07) is 8.61. The van der Waals surface area contributed by atoms with Crippen LogP contribution in [0.3, 0.4) is 0 Å². The van der Waals surface area contributed by atoms with Crippen molar-refractivity contribution < 1.29 is 27.8 Å². The molecule has 1 spiro atoms. The molecule has 2 fully saturated rings. The Hall–Kier alpha value is -2.66. The van der Waals surface area contributed by atoms with Gasteiger partial charge < -0.3 is 24.8 Å². The number of nitrogens with one attached hydrogen (secondary N) is 2. The lowest BCUT2D eigenvalue weighted by Crippen LogP contribution is -2.35. The first-order valence-electron chi connectivity index (χ1n) is 12.0. The molecule has 3 N–H and O–H groups in total. The number of carbonyl (C=O) groups is 1. The Morgan fingerprint density at radius 1 is 1.17 bits per heavy atom. The summed E-state index contributed by atoms with van der Waals surface area (Å²) in [4.78, 5) is 19.7. The third kappa shape index (κ3) is 7.19. The molecule has 0 bridgehead atoms. The van der Waals surface area contributed by atoms with Crippen molar-refractivity contribution in [3.63, 3.8) is 0 Å². The van der Waals surface area contributed by atoms with E-state index in [4.69, 9.17) is 9.84 Å². The Balaban J connectivity index is 1.50. The van der Waals surface area contributed by atoms with Gasteiger partial charge in [-0.2, -0.15) is 13.2 Å². The van der Waals surface area contributed by atoms with Crippen molar-refractivity contribution in [1.29, 1.82) is 0 Å². The molecule has 1 saturated carbocycles. The quantitative estimate of drug-likeness (QED) is 0.283. The molecule has 0 atom stereocenters.